The highest BCUT2D eigenvalue weighted by Crippen LogP contribution is 2.19. The van der Waals surface area contributed by atoms with Crippen LogP contribution in [0.3, 0.4) is 0 Å². The Morgan fingerprint density at radius 3 is 2.69 bits per heavy atom. The van der Waals surface area contributed by atoms with Gasteiger partial charge in [-0.3, -0.25) is 4.68 Å². The van der Waals surface area contributed by atoms with E-state index >= 15 is 0 Å². The number of aromatic carboxylic acids is 1. The van der Waals surface area contributed by atoms with Gasteiger partial charge in [0.25, 0.3) is 0 Å². The van der Waals surface area contributed by atoms with Crippen LogP contribution in [0.5, 0.6) is 0 Å². The van der Waals surface area contributed by atoms with E-state index < -0.39 is 5.97 Å². The fourth-order valence-corrected chi connectivity index (χ4v) is 2.19. The zero-order chi connectivity index (χ0) is 11.9. The van der Waals surface area contributed by atoms with Crippen molar-refractivity contribution in [1.82, 2.24) is 14.3 Å². The second-order valence-electron chi connectivity index (χ2n) is 3.49. The van der Waals surface area contributed by atoms with Crippen LogP contribution in [0.2, 0.25) is 0 Å². The highest BCUT2D eigenvalue weighted by atomic mass is 127. The van der Waals surface area contributed by atoms with E-state index in [1.165, 1.54) is 0 Å². The monoisotopic (exact) mass is 331 g/mol. The molecule has 0 saturated heterocycles. The van der Waals surface area contributed by atoms with E-state index in [1.807, 2.05) is 14.0 Å². The summed E-state index contributed by atoms with van der Waals surface area (Å²) in [6.45, 7) is 1.85. The van der Waals surface area contributed by atoms with Gasteiger partial charge in [-0.1, -0.05) is 0 Å². The van der Waals surface area contributed by atoms with Crippen LogP contribution in [0.15, 0.2) is 18.5 Å². The van der Waals surface area contributed by atoms with Crippen molar-refractivity contribution in [1.29, 1.82) is 0 Å². The van der Waals surface area contributed by atoms with Crippen molar-refractivity contribution < 1.29 is 9.90 Å². The molecule has 0 bridgehead atoms. The Bertz CT molecular complexity index is 556. The van der Waals surface area contributed by atoms with E-state index in [2.05, 4.69) is 27.7 Å². The van der Waals surface area contributed by atoms with Crippen molar-refractivity contribution in [2.24, 2.45) is 7.05 Å². The largest absolute Gasteiger partial charge is 0.477 e. The first-order valence-corrected chi connectivity index (χ1v) is 5.68. The Morgan fingerprint density at radius 1 is 1.50 bits per heavy atom. The quantitative estimate of drug-likeness (QED) is 0.854. The summed E-state index contributed by atoms with van der Waals surface area (Å²) in [6.07, 6.45) is 3.59. The molecule has 0 saturated carbocycles. The van der Waals surface area contributed by atoms with Crippen LogP contribution in [0, 0.1) is 10.5 Å². The maximum Gasteiger partial charge on any atom is 0.352 e. The lowest BCUT2D eigenvalue weighted by Gasteiger charge is -2.03. The van der Waals surface area contributed by atoms with Gasteiger partial charge < -0.3 is 9.67 Å². The van der Waals surface area contributed by atoms with Crippen molar-refractivity contribution >= 4 is 28.6 Å². The predicted octanol–water partition coefficient (Wildman–Crippen LogP) is 1.82. The van der Waals surface area contributed by atoms with Crippen LogP contribution < -0.4 is 0 Å². The molecule has 0 atom stereocenters. The average molecular weight is 331 g/mol. The highest BCUT2D eigenvalue weighted by Gasteiger charge is 2.15. The maximum absolute atomic E-state index is 11.1. The number of halogens is 1. The molecule has 2 heterocycles. The molecule has 0 spiro atoms. The lowest BCUT2D eigenvalue weighted by atomic mass is 10.3. The minimum Gasteiger partial charge on any atom is -0.477 e. The minimum atomic E-state index is -0.939. The minimum absolute atomic E-state index is 0.250. The molecule has 84 valence electrons. The zero-order valence-corrected chi connectivity index (χ0v) is 11.0. The summed E-state index contributed by atoms with van der Waals surface area (Å²) < 4.78 is 4.20. The third-order valence-corrected chi connectivity index (χ3v) is 2.84. The number of hydrogen-bond acceptors (Lipinski definition) is 2. The van der Waals surface area contributed by atoms with Crippen molar-refractivity contribution in [2.75, 3.05) is 0 Å². The molecule has 5 nitrogen and oxygen atoms in total. The summed E-state index contributed by atoms with van der Waals surface area (Å²) in [6, 6.07) is 1.63. The van der Waals surface area contributed by atoms with E-state index in [-0.39, 0.29) is 5.69 Å². The van der Waals surface area contributed by atoms with Crippen molar-refractivity contribution in [2.45, 2.75) is 6.92 Å². The smallest absolute Gasteiger partial charge is 0.352 e. The van der Waals surface area contributed by atoms with Crippen molar-refractivity contribution in [3.05, 3.63) is 33.4 Å². The Kier molecular flexibility index (Phi) is 2.75. The number of rotatable bonds is 2. The molecule has 0 radical (unpaired) electrons. The van der Waals surface area contributed by atoms with Crippen molar-refractivity contribution in [3.8, 4) is 5.69 Å². The standard InChI is InChI=1S/C10H10IN3O2/c1-6-9(5-13(2)12-6)14-4-7(11)3-8(14)10(15)16/h3-5H,1-2H3,(H,15,16). The Balaban J connectivity index is 2.63. The van der Waals surface area contributed by atoms with Gasteiger partial charge in [0.1, 0.15) is 5.69 Å². The van der Waals surface area contributed by atoms with Crippen LogP contribution >= 0.6 is 22.6 Å². The topological polar surface area (TPSA) is 60.0 Å². The molecular formula is C10H10IN3O2. The molecule has 0 fully saturated rings. The van der Waals surface area contributed by atoms with Crippen molar-refractivity contribution in [3.63, 3.8) is 0 Å². The summed E-state index contributed by atoms with van der Waals surface area (Å²) in [4.78, 5) is 11.1. The van der Waals surface area contributed by atoms with Gasteiger partial charge in [-0.2, -0.15) is 5.10 Å². The van der Waals surface area contributed by atoms with Crippen LogP contribution in [-0.4, -0.2) is 25.4 Å². The third-order valence-electron chi connectivity index (χ3n) is 2.25. The number of aromatic nitrogens is 3. The third kappa shape index (κ3) is 1.84. The number of aryl methyl sites for hydroxylation is 2. The molecule has 6 heteroatoms. The van der Waals surface area contributed by atoms with Gasteiger partial charge in [-0.25, -0.2) is 4.79 Å². The molecule has 1 N–H and O–H groups in total. The second-order valence-corrected chi connectivity index (χ2v) is 4.74. The number of nitrogens with zero attached hydrogens (tertiary/aromatic N) is 3. The fraction of sp³-hybridized carbons (Fsp3) is 0.200. The first-order valence-electron chi connectivity index (χ1n) is 4.61. The molecule has 0 unspecified atom stereocenters. The van der Waals surface area contributed by atoms with E-state index in [0.717, 1.165) is 15.0 Å². The van der Waals surface area contributed by atoms with Gasteiger partial charge in [-0.05, 0) is 35.6 Å². The van der Waals surface area contributed by atoms with Crippen LogP contribution in [0.25, 0.3) is 5.69 Å². The summed E-state index contributed by atoms with van der Waals surface area (Å²) in [7, 11) is 1.81. The fourth-order valence-electron chi connectivity index (χ4n) is 1.62. The molecule has 2 aromatic heterocycles. The average Bonchev–Trinajstić information content (AvgIpc) is 2.69. The molecule has 0 aliphatic heterocycles. The number of carboxylic acid groups (broad SMARTS) is 1. The highest BCUT2D eigenvalue weighted by molar-refractivity contribution is 14.1. The number of carbonyl (C=O) groups is 1. The number of carboxylic acids is 1. The van der Waals surface area contributed by atoms with E-state index in [1.54, 1.807) is 27.7 Å². The summed E-state index contributed by atoms with van der Waals surface area (Å²) in [5, 5.41) is 13.3. The maximum atomic E-state index is 11.1. The SMILES string of the molecule is Cc1nn(C)cc1-n1cc(I)cc1C(=O)O. The molecule has 2 aromatic rings. The normalized spacial score (nSPS) is 10.7. The predicted molar refractivity (Wildman–Crippen MR) is 66.9 cm³/mol. The molecule has 2 rings (SSSR count). The van der Waals surface area contributed by atoms with Gasteiger partial charge in [0.15, 0.2) is 0 Å². The molecule has 0 amide bonds. The first kappa shape index (κ1) is 11.2. The van der Waals surface area contributed by atoms with Gasteiger partial charge in [0, 0.05) is 23.0 Å². The van der Waals surface area contributed by atoms with Crippen LogP contribution in [0.4, 0.5) is 0 Å². The Hall–Kier alpha value is -1.31. The van der Waals surface area contributed by atoms with E-state index in [9.17, 15) is 4.79 Å². The Labute approximate surface area is 106 Å². The van der Waals surface area contributed by atoms with E-state index in [0.29, 0.717) is 0 Å². The summed E-state index contributed by atoms with van der Waals surface area (Å²) in [5.41, 5.74) is 1.85. The molecular weight excluding hydrogens is 321 g/mol. The van der Waals surface area contributed by atoms with Gasteiger partial charge in [0.05, 0.1) is 11.4 Å². The second kappa shape index (κ2) is 3.93. The lowest BCUT2D eigenvalue weighted by Crippen LogP contribution is -2.05. The first-order chi connectivity index (χ1) is 7.49. The Morgan fingerprint density at radius 2 is 2.19 bits per heavy atom. The van der Waals surface area contributed by atoms with Gasteiger partial charge in [0.2, 0.25) is 0 Å². The van der Waals surface area contributed by atoms with Crippen LogP contribution in [-0.2, 0) is 7.05 Å². The summed E-state index contributed by atoms with van der Waals surface area (Å²) >= 11 is 2.09. The van der Waals surface area contributed by atoms with Gasteiger partial charge in [-0.15, -0.1) is 0 Å². The molecule has 16 heavy (non-hydrogen) atoms. The van der Waals surface area contributed by atoms with E-state index in [4.69, 9.17) is 5.11 Å². The zero-order valence-electron chi connectivity index (χ0n) is 8.81. The molecule has 0 aliphatic carbocycles. The van der Waals surface area contributed by atoms with Gasteiger partial charge >= 0.3 is 5.97 Å². The molecule has 0 aliphatic rings. The number of hydrogen-bond donors (Lipinski definition) is 1. The lowest BCUT2D eigenvalue weighted by molar-refractivity contribution is 0.0688. The molecule has 0 aromatic carbocycles. The van der Waals surface area contributed by atoms with Crippen LogP contribution in [0.1, 0.15) is 16.2 Å². The summed E-state index contributed by atoms with van der Waals surface area (Å²) in [5.74, 6) is -0.939.